The summed E-state index contributed by atoms with van der Waals surface area (Å²) < 4.78 is 0. The fourth-order valence-corrected chi connectivity index (χ4v) is 2.16. The van der Waals surface area contributed by atoms with Crippen LogP contribution in [0.4, 0.5) is 0 Å². The number of carboxylic acid groups (broad SMARTS) is 1. The first-order chi connectivity index (χ1) is 10.5. The van der Waals surface area contributed by atoms with Crippen molar-refractivity contribution in [2.24, 2.45) is 5.73 Å². The van der Waals surface area contributed by atoms with E-state index in [1.54, 1.807) is 24.3 Å². The van der Waals surface area contributed by atoms with E-state index in [0.29, 0.717) is 11.3 Å². The van der Waals surface area contributed by atoms with E-state index in [-0.39, 0.29) is 12.8 Å². The van der Waals surface area contributed by atoms with Crippen molar-refractivity contribution in [1.29, 1.82) is 0 Å². The van der Waals surface area contributed by atoms with Crippen molar-refractivity contribution < 1.29 is 19.5 Å². The molecular formula is C16H22N2O4. The first-order valence-corrected chi connectivity index (χ1v) is 7.31. The number of rotatable bonds is 9. The van der Waals surface area contributed by atoms with Crippen LogP contribution in [0.5, 0.6) is 0 Å². The fraction of sp³-hybridized carbons (Fsp3) is 0.438. The number of benzene rings is 1. The van der Waals surface area contributed by atoms with E-state index in [0.717, 1.165) is 18.4 Å². The monoisotopic (exact) mass is 306 g/mol. The van der Waals surface area contributed by atoms with Crippen molar-refractivity contribution in [3.63, 3.8) is 0 Å². The molecule has 0 bridgehead atoms. The number of unbranched alkanes of at least 4 members (excludes halogenated alkanes) is 1. The minimum atomic E-state index is -1.25. The molecule has 0 spiro atoms. The summed E-state index contributed by atoms with van der Waals surface area (Å²) in [6, 6.07) is 6.74. The molecule has 0 radical (unpaired) electrons. The van der Waals surface area contributed by atoms with Crippen molar-refractivity contribution in [3.05, 3.63) is 35.9 Å². The fourth-order valence-electron chi connectivity index (χ4n) is 2.16. The first-order valence-electron chi connectivity index (χ1n) is 7.31. The molecule has 1 rings (SSSR count). The van der Waals surface area contributed by atoms with E-state index < -0.39 is 24.0 Å². The van der Waals surface area contributed by atoms with Gasteiger partial charge in [0, 0.05) is 6.42 Å². The Hall–Kier alpha value is -2.21. The normalized spacial score (nSPS) is 13.2. The third-order valence-corrected chi connectivity index (χ3v) is 3.45. The predicted octanol–water partition coefficient (Wildman–Crippen LogP) is 1.18. The Labute approximate surface area is 129 Å². The van der Waals surface area contributed by atoms with Crippen molar-refractivity contribution in [3.8, 4) is 0 Å². The van der Waals surface area contributed by atoms with E-state index in [4.69, 9.17) is 5.73 Å². The predicted molar refractivity (Wildman–Crippen MR) is 82.0 cm³/mol. The molecule has 0 fully saturated rings. The number of carbonyl (C=O) groups excluding carboxylic acids is 2. The van der Waals surface area contributed by atoms with Crippen LogP contribution < -0.4 is 5.73 Å². The van der Waals surface area contributed by atoms with Crippen LogP contribution in [0, 0.1) is 0 Å². The van der Waals surface area contributed by atoms with Crippen LogP contribution in [-0.2, 0) is 20.8 Å². The second-order valence-corrected chi connectivity index (χ2v) is 5.14. The van der Waals surface area contributed by atoms with E-state index in [2.05, 4.69) is 0 Å². The largest absolute Gasteiger partial charge is 0.480 e. The van der Waals surface area contributed by atoms with Gasteiger partial charge in [0.25, 0.3) is 0 Å². The van der Waals surface area contributed by atoms with Gasteiger partial charge in [-0.3, -0.25) is 14.5 Å². The van der Waals surface area contributed by atoms with Gasteiger partial charge in [0.15, 0.2) is 0 Å². The Balaban J connectivity index is 2.88. The van der Waals surface area contributed by atoms with Gasteiger partial charge in [-0.2, -0.15) is 0 Å². The highest BCUT2D eigenvalue weighted by Crippen LogP contribution is 2.11. The molecule has 0 aliphatic heterocycles. The Kier molecular flexibility index (Phi) is 7.25. The van der Waals surface area contributed by atoms with Gasteiger partial charge in [0.05, 0.1) is 6.04 Å². The van der Waals surface area contributed by atoms with Crippen molar-refractivity contribution >= 4 is 18.3 Å². The molecule has 1 aromatic rings. The third-order valence-electron chi connectivity index (χ3n) is 3.45. The zero-order valence-corrected chi connectivity index (χ0v) is 12.6. The van der Waals surface area contributed by atoms with Gasteiger partial charge >= 0.3 is 5.97 Å². The molecule has 0 saturated heterocycles. The smallest absolute Gasteiger partial charge is 0.327 e. The SMILES string of the molecule is CCCCC(N)C(=O)N(C=O)C(Cc1ccccc1)C(=O)O. The summed E-state index contributed by atoms with van der Waals surface area (Å²) in [5, 5.41) is 9.35. The zero-order chi connectivity index (χ0) is 16.5. The maximum absolute atomic E-state index is 12.2. The minimum Gasteiger partial charge on any atom is -0.480 e. The molecule has 3 N–H and O–H groups in total. The maximum atomic E-state index is 12.2. The summed E-state index contributed by atoms with van der Waals surface area (Å²) in [6.07, 6.45) is 2.36. The van der Waals surface area contributed by atoms with Crippen LogP contribution in [-0.4, -0.2) is 40.4 Å². The van der Waals surface area contributed by atoms with Gasteiger partial charge in [-0.1, -0.05) is 50.1 Å². The van der Waals surface area contributed by atoms with Crippen molar-refractivity contribution in [2.45, 2.75) is 44.7 Å². The number of carbonyl (C=O) groups is 3. The highest BCUT2D eigenvalue weighted by molar-refractivity contribution is 5.94. The van der Waals surface area contributed by atoms with Crippen LogP contribution in [0.25, 0.3) is 0 Å². The molecule has 0 aliphatic carbocycles. The maximum Gasteiger partial charge on any atom is 0.327 e. The number of imide groups is 1. The number of nitrogens with zero attached hydrogens (tertiary/aromatic N) is 1. The second-order valence-electron chi connectivity index (χ2n) is 5.14. The van der Waals surface area contributed by atoms with E-state index >= 15 is 0 Å². The minimum absolute atomic E-state index is 0.0567. The average molecular weight is 306 g/mol. The van der Waals surface area contributed by atoms with Gasteiger partial charge in [-0.05, 0) is 12.0 Å². The Morgan fingerprint density at radius 1 is 1.32 bits per heavy atom. The Morgan fingerprint density at radius 3 is 2.45 bits per heavy atom. The highest BCUT2D eigenvalue weighted by atomic mass is 16.4. The van der Waals surface area contributed by atoms with E-state index in [1.165, 1.54) is 0 Å². The number of amides is 2. The molecule has 2 atom stereocenters. The molecule has 2 unspecified atom stereocenters. The molecular weight excluding hydrogens is 284 g/mol. The highest BCUT2D eigenvalue weighted by Gasteiger charge is 2.32. The van der Waals surface area contributed by atoms with Gasteiger partial charge in [0.2, 0.25) is 12.3 Å². The third kappa shape index (κ3) is 4.96. The van der Waals surface area contributed by atoms with E-state index in [9.17, 15) is 19.5 Å². The Bertz CT molecular complexity index is 504. The van der Waals surface area contributed by atoms with Gasteiger partial charge < -0.3 is 10.8 Å². The van der Waals surface area contributed by atoms with Crippen LogP contribution in [0.3, 0.4) is 0 Å². The Morgan fingerprint density at radius 2 is 1.95 bits per heavy atom. The van der Waals surface area contributed by atoms with Gasteiger partial charge in [-0.25, -0.2) is 4.79 Å². The molecule has 0 heterocycles. The number of aliphatic carboxylic acids is 1. The van der Waals surface area contributed by atoms with Gasteiger partial charge in [-0.15, -0.1) is 0 Å². The molecule has 6 nitrogen and oxygen atoms in total. The molecule has 2 amide bonds. The number of carboxylic acids is 1. The summed E-state index contributed by atoms with van der Waals surface area (Å²) in [5.74, 6) is -1.88. The lowest BCUT2D eigenvalue weighted by Crippen LogP contribution is -2.51. The lowest BCUT2D eigenvalue weighted by atomic mass is 10.0. The lowest BCUT2D eigenvalue weighted by molar-refractivity contribution is -0.154. The molecule has 22 heavy (non-hydrogen) atoms. The molecule has 6 heteroatoms. The molecule has 1 aromatic carbocycles. The molecule has 120 valence electrons. The standard InChI is InChI=1S/C16H22N2O4/c1-2-3-9-13(17)15(20)18(11-19)14(16(21)22)10-12-7-5-4-6-8-12/h4-8,11,13-14H,2-3,9-10,17H2,1H3,(H,21,22). The number of hydrogen-bond acceptors (Lipinski definition) is 4. The van der Waals surface area contributed by atoms with Crippen LogP contribution in [0.2, 0.25) is 0 Å². The van der Waals surface area contributed by atoms with E-state index in [1.807, 2.05) is 13.0 Å². The van der Waals surface area contributed by atoms with Crippen LogP contribution >= 0.6 is 0 Å². The van der Waals surface area contributed by atoms with Crippen LogP contribution in [0.1, 0.15) is 31.7 Å². The summed E-state index contributed by atoms with van der Waals surface area (Å²) in [7, 11) is 0. The molecule has 0 saturated carbocycles. The molecule has 0 aromatic heterocycles. The van der Waals surface area contributed by atoms with Crippen LogP contribution in [0.15, 0.2) is 30.3 Å². The topological polar surface area (TPSA) is 101 Å². The quantitative estimate of drug-likeness (QED) is 0.667. The average Bonchev–Trinajstić information content (AvgIpc) is 2.52. The summed E-state index contributed by atoms with van der Waals surface area (Å²) in [5.41, 5.74) is 6.50. The number of hydrogen-bond donors (Lipinski definition) is 2. The second kappa shape index (κ2) is 8.94. The number of nitrogens with two attached hydrogens (primary N) is 1. The summed E-state index contributed by atoms with van der Waals surface area (Å²) in [6.45, 7) is 1.96. The summed E-state index contributed by atoms with van der Waals surface area (Å²) in [4.78, 5) is 35.6. The van der Waals surface area contributed by atoms with Gasteiger partial charge in [0.1, 0.15) is 6.04 Å². The van der Waals surface area contributed by atoms with Crippen molar-refractivity contribution in [1.82, 2.24) is 4.90 Å². The first kappa shape index (κ1) is 17.8. The molecule has 0 aliphatic rings. The summed E-state index contributed by atoms with van der Waals surface area (Å²) >= 11 is 0. The van der Waals surface area contributed by atoms with Crippen molar-refractivity contribution in [2.75, 3.05) is 0 Å². The zero-order valence-electron chi connectivity index (χ0n) is 12.6. The lowest BCUT2D eigenvalue weighted by Gasteiger charge is -2.26.